The molecule has 4 rings (SSSR count). The summed E-state index contributed by atoms with van der Waals surface area (Å²) in [7, 11) is 0. The standard InChI is InChI=1S/C16H17ClN4O/c1-2-20-10-4-6-12(20)16-19-11-5-3-9-18-15(11)21(16)14-8-7-13(17)22-14/h3,5,7-9,12H,2,4,6,10H2,1H3. The maximum atomic E-state index is 5.97. The highest BCUT2D eigenvalue weighted by atomic mass is 35.5. The number of likely N-dealkylation sites (tertiary alicyclic amines) is 1. The van der Waals surface area contributed by atoms with Crippen LogP contribution in [0.1, 0.15) is 31.6 Å². The highest BCUT2D eigenvalue weighted by Crippen LogP contribution is 2.34. The Kier molecular flexibility index (Phi) is 3.39. The maximum Gasteiger partial charge on any atom is 0.208 e. The molecule has 22 heavy (non-hydrogen) atoms. The summed E-state index contributed by atoms with van der Waals surface area (Å²) in [5, 5.41) is 0.373. The summed E-state index contributed by atoms with van der Waals surface area (Å²) >= 11 is 5.97. The molecule has 0 bridgehead atoms. The largest absolute Gasteiger partial charge is 0.428 e. The number of rotatable bonds is 3. The van der Waals surface area contributed by atoms with Gasteiger partial charge in [-0.2, -0.15) is 0 Å². The average molecular weight is 317 g/mol. The fraction of sp³-hybridized carbons (Fsp3) is 0.375. The van der Waals surface area contributed by atoms with Crippen LogP contribution >= 0.6 is 11.6 Å². The van der Waals surface area contributed by atoms with Gasteiger partial charge in [0.15, 0.2) is 10.9 Å². The fourth-order valence-electron chi connectivity index (χ4n) is 3.29. The Morgan fingerprint density at radius 2 is 2.27 bits per heavy atom. The Morgan fingerprint density at radius 1 is 1.36 bits per heavy atom. The van der Waals surface area contributed by atoms with Crippen LogP contribution in [-0.4, -0.2) is 32.5 Å². The Labute approximate surface area is 133 Å². The summed E-state index contributed by atoms with van der Waals surface area (Å²) in [5.41, 5.74) is 1.69. The van der Waals surface area contributed by atoms with Crippen LogP contribution in [-0.2, 0) is 0 Å². The lowest BCUT2D eigenvalue weighted by Gasteiger charge is -2.22. The molecule has 1 aliphatic rings. The number of aromatic nitrogens is 3. The van der Waals surface area contributed by atoms with Crippen molar-refractivity contribution in [3.05, 3.63) is 41.5 Å². The number of hydrogen-bond acceptors (Lipinski definition) is 4. The number of furan rings is 1. The quantitative estimate of drug-likeness (QED) is 0.737. The van der Waals surface area contributed by atoms with Crippen molar-refractivity contribution in [1.82, 2.24) is 19.4 Å². The molecule has 6 heteroatoms. The second kappa shape index (κ2) is 5.41. The van der Waals surface area contributed by atoms with E-state index in [0.29, 0.717) is 17.1 Å². The molecule has 0 amide bonds. The molecule has 1 unspecified atom stereocenters. The van der Waals surface area contributed by atoms with E-state index in [9.17, 15) is 0 Å². The van der Waals surface area contributed by atoms with Gasteiger partial charge >= 0.3 is 0 Å². The zero-order valence-electron chi connectivity index (χ0n) is 12.4. The van der Waals surface area contributed by atoms with E-state index in [1.54, 1.807) is 12.3 Å². The predicted octanol–water partition coefficient (Wildman–Crippen LogP) is 3.82. The van der Waals surface area contributed by atoms with Crippen LogP contribution in [0.2, 0.25) is 5.22 Å². The van der Waals surface area contributed by atoms with E-state index in [-0.39, 0.29) is 0 Å². The first-order chi connectivity index (χ1) is 10.8. The first kappa shape index (κ1) is 13.8. The van der Waals surface area contributed by atoms with Crippen molar-refractivity contribution in [2.75, 3.05) is 13.1 Å². The van der Waals surface area contributed by atoms with Crippen molar-refractivity contribution in [3.63, 3.8) is 0 Å². The Balaban J connectivity index is 1.94. The molecule has 1 aliphatic heterocycles. The Hall–Kier alpha value is -1.85. The van der Waals surface area contributed by atoms with Gasteiger partial charge in [-0.05, 0) is 55.7 Å². The lowest BCUT2D eigenvalue weighted by Crippen LogP contribution is -2.25. The number of pyridine rings is 1. The molecule has 3 aromatic rings. The predicted molar refractivity (Wildman–Crippen MR) is 85.4 cm³/mol. The summed E-state index contributed by atoms with van der Waals surface area (Å²) < 4.78 is 7.63. The smallest absolute Gasteiger partial charge is 0.208 e. The highest BCUT2D eigenvalue weighted by molar-refractivity contribution is 6.28. The molecule has 5 nitrogen and oxygen atoms in total. The van der Waals surface area contributed by atoms with Gasteiger partial charge in [-0.25, -0.2) is 14.5 Å². The Morgan fingerprint density at radius 3 is 3.05 bits per heavy atom. The van der Waals surface area contributed by atoms with E-state index in [1.807, 2.05) is 22.8 Å². The third-order valence-corrected chi connectivity index (χ3v) is 4.49. The van der Waals surface area contributed by atoms with Gasteiger partial charge in [0.2, 0.25) is 5.88 Å². The van der Waals surface area contributed by atoms with Crippen molar-refractivity contribution < 1.29 is 4.42 Å². The van der Waals surface area contributed by atoms with Gasteiger partial charge in [-0.3, -0.25) is 4.90 Å². The summed E-state index contributed by atoms with van der Waals surface area (Å²) in [5.74, 6) is 1.66. The fourth-order valence-corrected chi connectivity index (χ4v) is 3.43. The van der Waals surface area contributed by atoms with Crippen molar-refractivity contribution in [2.45, 2.75) is 25.8 Å². The molecule has 0 aromatic carbocycles. The second-order valence-corrected chi connectivity index (χ2v) is 5.89. The van der Waals surface area contributed by atoms with Gasteiger partial charge < -0.3 is 4.42 Å². The number of imidazole rings is 1. The van der Waals surface area contributed by atoms with E-state index in [0.717, 1.165) is 36.5 Å². The topological polar surface area (TPSA) is 47.1 Å². The van der Waals surface area contributed by atoms with Gasteiger partial charge in [0, 0.05) is 12.3 Å². The monoisotopic (exact) mass is 316 g/mol. The van der Waals surface area contributed by atoms with Crippen molar-refractivity contribution in [2.24, 2.45) is 0 Å². The van der Waals surface area contributed by atoms with Gasteiger partial charge in [0.05, 0.1) is 6.04 Å². The van der Waals surface area contributed by atoms with Crippen LogP contribution in [0, 0.1) is 0 Å². The molecule has 0 aliphatic carbocycles. The number of hydrogen-bond donors (Lipinski definition) is 0. The van der Waals surface area contributed by atoms with Crippen LogP contribution in [0.5, 0.6) is 0 Å². The summed E-state index contributed by atoms with van der Waals surface area (Å²) in [4.78, 5) is 11.8. The number of fused-ring (bicyclic) bond motifs is 1. The van der Waals surface area contributed by atoms with E-state index in [4.69, 9.17) is 21.0 Å². The van der Waals surface area contributed by atoms with E-state index < -0.39 is 0 Å². The Bertz CT molecular complexity index is 809. The van der Waals surface area contributed by atoms with Gasteiger partial charge in [-0.15, -0.1) is 0 Å². The molecule has 0 spiro atoms. The number of nitrogens with zero attached hydrogens (tertiary/aromatic N) is 4. The third kappa shape index (κ3) is 2.12. The first-order valence-corrected chi connectivity index (χ1v) is 7.99. The molecule has 1 fully saturated rings. The van der Waals surface area contributed by atoms with Gasteiger partial charge in [-0.1, -0.05) is 6.92 Å². The van der Waals surface area contributed by atoms with Crippen LogP contribution < -0.4 is 0 Å². The maximum absolute atomic E-state index is 5.97. The minimum Gasteiger partial charge on any atom is -0.428 e. The summed E-state index contributed by atoms with van der Waals surface area (Å²) in [6.07, 6.45) is 4.07. The number of halogens is 1. The minimum atomic E-state index is 0.295. The van der Waals surface area contributed by atoms with Crippen molar-refractivity contribution >= 4 is 22.8 Å². The highest BCUT2D eigenvalue weighted by Gasteiger charge is 2.30. The molecule has 0 radical (unpaired) electrons. The third-order valence-electron chi connectivity index (χ3n) is 4.29. The molecule has 1 saturated heterocycles. The van der Waals surface area contributed by atoms with E-state index in [1.165, 1.54) is 6.42 Å². The zero-order chi connectivity index (χ0) is 15.1. The van der Waals surface area contributed by atoms with Crippen LogP contribution in [0.4, 0.5) is 0 Å². The molecule has 0 N–H and O–H groups in total. The van der Waals surface area contributed by atoms with Crippen LogP contribution in [0.25, 0.3) is 17.0 Å². The SMILES string of the molecule is CCN1CCCC1c1nc2cccnc2n1-c1ccc(Cl)o1. The molecule has 114 valence electrons. The average Bonchev–Trinajstić information content (AvgIpc) is 3.23. The second-order valence-electron chi connectivity index (χ2n) is 5.52. The lowest BCUT2D eigenvalue weighted by atomic mass is 10.2. The van der Waals surface area contributed by atoms with E-state index >= 15 is 0 Å². The molecule has 0 saturated carbocycles. The summed E-state index contributed by atoms with van der Waals surface area (Å²) in [6.45, 7) is 4.31. The van der Waals surface area contributed by atoms with E-state index in [2.05, 4.69) is 16.8 Å². The first-order valence-electron chi connectivity index (χ1n) is 7.61. The molecule has 3 aromatic heterocycles. The molecular weight excluding hydrogens is 300 g/mol. The molecular formula is C16H17ClN4O. The normalized spacial score (nSPS) is 19.3. The van der Waals surface area contributed by atoms with Crippen LogP contribution in [0.15, 0.2) is 34.9 Å². The minimum absolute atomic E-state index is 0.295. The van der Waals surface area contributed by atoms with Gasteiger partial charge in [0.25, 0.3) is 0 Å². The van der Waals surface area contributed by atoms with Gasteiger partial charge in [0.1, 0.15) is 11.3 Å². The summed E-state index contributed by atoms with van der Waals surface area (Å²) in [6, 6.07) is 7.81. The zero-order valence-corrected chi connectivity index (χ0v) is 13.1. The molecule has 4 heterocycles. The molecule has 1 atom stereocenters. The van der Waals surface area contributed by atoms with Crippen LogP contribution in [0.3, 0.4) is 0 Å². The van der Waals surface area contributed by atoms with Crippen molar-refractivity contribution in [3.8, 4) is 5.88 Å². The lowest BCUT2D eigenvalue weighted by molar-refractivity contribution is 0.259. The van der Waals surface area contributed by atoms with Crippen molar-refractivity contribution in [1.29, 1.82) is 0 Å².